The van der Waals surface area contributed by atoms with Crippen LogP contribution in [0.3, 0.4) is 0 Å². The van der Waals surface area contributed by atoms with Gasteiger partial charge >= 0.3 is 0 Å². The molecule has 0 aromatic heterocycles. The Morgan fingerprint density at radius 3 is 2.76 bits per heavy atom. The standard InChI is InChI=1S/C14H17NO2/c1-10(2)8-12-9-17-14(15-12)13(16)11-6-4-3-5-7-11/h3-7,10,12H,8-9H2,1-2H3/t12-/m0/s1. The molecule has 1 aliphatic rings. The zero-order chi connectivity index (χ0) is 12.3. The Kier molecular flexibility index (Phi) is 3.57. The SMILES string of the molecule is CC(C)C[C@H]1COC(C(=O)c2ccccc2)=N1. The molecule has 0 amide bonds. The molecule has 90 valence electrons. The second-order valence-electron chi connectivity index (χ2n) is 4.72. The van der Waals surface area contributed by atoms with E-state index in [1.54, 1.807) is 12.1 Å². The Bertz CT molecular complexity index is 423. The van der Waals surface area contributed by atoms with Crippen molar-refractivity contribution in [3.05, 3.63) is 35.9 Å². The van der Waals surface area contributed by atoms with Crippen molar-refractivity contribution in [2.45, 2.75) is 26.3 Å². The predicted molar refractivity (Wildman–Crippen MR) is 67.4 cm³/mol. The van der Waals surface area contributed by atoms with Gasteiger partial charge in [-0.1, -0.05) is 44.2 Å². The van der Waals surface area contributed by atoms with Crippen LogP contribution in [-0.2, 0) is 4.74 Å². The van der Waals surface area contributed by atoms with Crippen LogP contribution in [0.25, 0.3) is 0 Å². The van der Waals surface area contributed by atoms with Crippen LogP contribution < -0.4 is 0 Å². The highest BCUT2D eigenvalue weighted by Crippen LogP contribution is 2.16. The van der Waals surface area contributed by atoms with Crippen molar-refractivity contribution < 1.29 is 9.53 Å². The van der Waals surface area contributed by atoms with Gasteiger partial charge in [0.1, 0.15) is 6.61 Å². The summed E-state index contributed by atoms with van der Waals surface area (Å²) in [7, 11) is 0. The van der Waals surface area contributed by atoms with Crippen LogP contribution in [0.1, 0.15) is 30.6 Å². The summed E-state index contributed by atoms with van der Waals surface area (Å²) in [5, 5.41) is 0. The van der Waals surface area contributed by atoms with Crippen molar-refractivity contribution in [3.63, 3.8) is 0 Å². The third kappa shape index (κ3) is 2.93. The third-order valence-electron chi connectivity index (χ3n) is 2.69. The lowest BCUT2D eigenvalue weighted by molar-refractivity contribution is 0.103. The number of hydrogen-bond acceptors (Lipinski definition) is 3. The van der Waals surface area contributed by atoms with Crippen molar-refractivity contribution >= 4 is 11.7 Å². The fourth-order valence-electron chi connectivity index (χ4n) is 1.92. The molecule has 0 N–H and O–H groups in total. The molecule has 1 aliphatic heterocycles. The van der Waals surface area contributed by atoms with Gasteiger partial charge in [-0.2, -0.15) is 0 Å². The molecule has 17 heavy (non-hydrogen) atoms. The molecule has 0 bridgehead atoms. The largest absolute Gasteiger partial charge is 0.473 e. The van der Waals surface area contributed by atoms with Gasteiger partial charge in [0, 0.05) is 5.56 Å². The molecule has 1 heterocycles. The van der Waals surface area contributed by atoms with E-state index in [4.69, 9.17) is 4.74 Å². The van der Waals surface area contributed by atoms with Crippen LogP contribution in [0.15, 0.2) is 35.3 Å². The molecule has 0 saturated heterocycles. The molecule has 0 saturated carbocycles. The Hall–Kier alpha value is -1.64. The highest BCUT2D eigenvalue weighted by molar-refractivity contribution is 6.43. The molecule has 3 heteroatoms. The summed E-state index contributed by atoms with van der Waals surface area (Å²) in [6.45, 7) is 4.82. The summed E-state index contributed by atoms with van der Waals surface area (Å²) in [4.78, 5) is 16.4. The summed E-state index contributed by atoms with van der Waals surface area (Å²) >= 11 is 0. The maximum absolute atomic E-state index is 12.0. The number of ether oxygens (including phenoxy) is 1. The average molecular weight is 231 g/mol. The van der Waals surface area contributed by atoms with Gasteiger partial charge in [-0.25, -0.2) is 4.99 Å². The number of carbonyl (C=O) groups is 1. The molecular formula is C14H17NO2. The van der Waals surface area contributed by atoms with Crippen molar-refractivity contribution in [3.8, 4) is 0 Å². The molecule has 0 aliphatic carbocycles. The van der Waals surface area contributed by atoms with E-state index in [0.717, 1.165) is 6.42 Å². The van der Waals surface area contributed by atoms with Gasteiger partial charge < -0.3 is 4.74 Å². The van der Waals surface area contributed by atoms with Crippen LogP contribution >= 0.6 is 0 Å². The first kappa shape index (κ1) is 11.8. The molecule has 0 spiro atoms. The van der Waals surface area contributed by atoms with Crippen LogP contribution in [0.2, 0.25) is 0 Å². The first-order valence-electron chi connectivity index (χ1n) is 5.97. The van der Waals surface area contributed by atoms with E-state index in [-0.39, 0.29) is 17.7 Å². The maximum Gasteiger partial charge on any atom is 0.258 e. The number of benzene rings is 1. The number of aliphatic imine (C=N–C) groups is 1. The summed E-state index contributed by atoms with van der Waals surface area (Å²) in [6.07, 6.45) is 0.964. The second-order valence-corrected chi connectivity index (χ2v) is 4.72. The van der Waals surface area contributed by atoms with Gasteiger partial charge in [0.25, 0.3) is 5.90 Å². The fourth-order valence-corrected chi connectivity index (χ4v) is 1.92. The molecule has 1 aromatic rings. The lowest BCUT2D eigenvalue weighted by Crippen LogP contribution is -2.14. The van der Waals surface area contributed by atoms with Crippen LogP contribution in [0.5, 0.6) is 0 Å². The van der Waals surface area contributed by atoms with Gasteiger partial charge in [-0.15, -0.1) is 0 Å². The monoisotopic (exact) mass is 231 g/mol. The number of Topliss-reactive ketones (excluding diaryl/α,β-unsaturated/α-hetero) is 1. The zero-order valence-corrected chi connectivity index (χ0v) is 10.2. The molecule has 1 atom stereocenters. The summed E-state index contributed by atoms with van der Waals surface area (Å²) in [5.74, 6) is 0.720. The smallest absolute Gasteiger partial charge is 0.258 e. The molecule has 0 unspecified atom stereocenters. The third-order valence-corrected chi connectivity index (χ3v) is 2.69. The second kappa shape index (κ2) is 5.13. The van der Waals surface area contributed by atoms with Gasteiger partial charge in [0.05, 0.1) is 6.04 Å². The average Bonchev–Trinajstić information content (AvgIpc) is 2.77. The summed E-state index contributed by atoms with van der Waals surface area (Å²) in [6, 6.07) is 9.27. The summed E-state index contributed by atoms with van der Waals surface area (Å²) in [5.41, 5.74) is 0.636. The normalized spacial score (nSPS) is 19.0. The van der Waals surface area contributed by atoms with E-state index in [1.165, 1.54) is 0 Å². The number of nitrogens with zero attached hydrogens (tertiary/aromatic N) is 1. The van der Waals surface area contributed by atoms with E-state index < -0.39 is 0 Å². The molecule has 2 rings (SSSR count). The fraction of sp³-hybridized carbons (Fsp3) is 0.429. The minimum absolute atomic E-state index is 0.114. The van der Waals surface area contributed by atoms with Gasteiger partial charge in [0.2, 0.25) is 5.78 Å². The minimum Gasteiger partial charge on any atom is -0.473 e. The van der Waals surface area contributed by atoms with Gasteiger partial charge in [-0.3, -0.25) is 4.79 Å². The minimum atomic E-state index is -0.114. The Balaban J connectivity index is 2.07. The van der Waals surface area contributed by atoms with E-state index in [1.807, 2.05) is 18.2 Å². The van der Waals surface area contributed by atoms with Crippen molar-refractivity contribution in [2.24, 2.45) is 10.9 Å². The summed E-state index contributed by atoms with van der Waals surface area (Å²) < 4.78 is 5.38. The quantitative estimate of drug-likeness (QED) is 0.747. The highest BCUT2D eigenvalue weighted by atomic mass is 16.5. The lowest BCUT2D eigenvalue weighted by Gasteiger charge is -2.06. The number of hydrogen-bond donors (Lipinski definition) is 0. The van der Waals surface area contributed by atoms with Crippen molar-refractivity contribution in [1.82, 2.24) is 0 Å². The van der Waals surface area contributed by atoms with Crippen LogP contribution in [0, 0.1) is 5.92 Å². The molecular weight excluding hydrogens is 214 g/mol. The number of rotatable bonds is 4. The first-order valence-corrected chi connectivity index (χ1v) is 5.97. The van der Waals surface area contributed by atoms with Crippen molar-refractivity contribution in [2.75, 3.05) is 6.61 Å². The van der Waals surface area contributed by atoms with Crippen LogP contribution in [-0.4, -0.2) is 24.3 Å². The first-order chi connectivity index (χ1) is 8.16. The Morgan fingerprint density at radius 2 is 2.12 bits per heavy atom. The van der Waals surface area contributed by atoms with Gasteiger partial charge in [-0.05, 0) is 12.3 Å². The Morgan fingerprint density at radius 1 is 1.41 bits per heavy atom. The zero-order valence-electron chi connectivity index (χ0n) is 10.2. The lowest BCUT2D eigenvalue weighted by atomic mass is 10.1. The molecule has 0 fully saturated rings. The molecule has 1 aromatic carbocycles. The molecule has 3 nitrogen and oxygen atoms in total. The topological polar surface area (TPSA) is 38.7 Å². The van der Waals surface area contributed by atoms with Gasteiger partial charge in [0.15, 0.2) is 0 Å². The van der Waals surface area contributed by atoms with E-state index in [9.17, 15) is 4.79 Å². The van der Waals surface area contributed by atoms with E-state index in [2.05, 4.69) is 18.8 Å². The van der Waals surface area contributed by atoms with Crippen LogP contribution in [0.4, 0.5) is 0 Å². The van der Waals surface area contributed by atoms with E-state index >= 15 is 0 Å². The number of ketones is 1. The Labute approximate surface area is 102 Å². The molecule has 0 radical (unpaired) electrons. The van der Waals surface area contributed by atoms with E-state index in [0.29, 0.717) is 18.1 Å². The predicted octanol–water partition coefficient (Wildman–Crippen LogP) is 2.71. The highest BCUT2D eigenvalue weighted by Gasteiger charge is 2.25. The number of carbonyl (C=O) groups excluding carboxylic acids is 1. The van der Waals surface area contributed by atoms with Crippen molar-refractivity contribution in [1.29, 1.82) is 0 Å². The maximum atomic E-state index is 12.0.